The van der Waals surface area contributed by atoms with Crippen molar-refractivity contribution in [1.82, 2.24) is 15.3 Å². The molecule has 2 aromatic rings. The average Bonchev–Trinajstić information content (AvgIpc) is 3.01. The van der Waals surface area contributed by atoms with Gasteiger partial charge in [-0.25, -0.2) is 4.98 Å². The Morgan fingerprint density at radius 2 is 2.21 bits per heavy atom. The van der Waals surface area contributed by atoms with E-state index >= 15 is 0 Å². The Morgan fingerprint density at radius 3 is 3.05 bits per heavy atom. The van der Waals surface area contributed by atoms with E-state index in [4.69, 9.17) is 9.47 Å². The number of imidazole rings is 1. The summed E-state index contributed by atoms with van der Waals surface area (Å²) in [6.07, 6.45) is 0.861. The zero-order chi connectivity index (χ0) is 13.2. The highest BCUT2D eigenvalue weighted by atomic mass is 79.9. The van der Waals surface area contributed by atoms with Crippen molar-refractivity contribution in [2.24, 2.45) is 0 Å². The molecular weight excluding hydrogens is 310 g/mol. The zero-order valence-electron chi connectivity index (χ0n) is 10.5. The molecular formula is C13H14BrN3O2. The highest BCUT2D eigenvalue weighted by molar-refractivity contribution is 9.10. The molecule has 3 rings (SSSR count). The molecule has 0 bridgehead atoms. The van der Waals surface area contributed by atoms with E-state index in [0.717, 1.165) is 46.1 Å². The molecule has 2 heterocycles. The number of hydrogen-bond donors (Lipinski definition) is 2. The van der Waals surface area contributed by atoms with Crippen LogP contribution in [0.15, 0.2) is 22.8 Å². The Hall–Kier alpha value is -1.53. The number of halogens is 1. The van der Waals surface area contributed by atoms with E-state index in [9.17, 15) is 0 Å². The second kappa shape index (κ2) is 5.22. The molecule has 0 saturated heterocycles. The highest BCUT2D eigenvalue weighted by Gasteiger charge is 2.16. The lowest BCUT2D eigenvalue weighted by Gasteiger charge is -2.00. The Bertz CT molecular complexity index is 598. The third kappa shape index (κ3) is 2.46. The molecule has 1 aliphatic rings. The van der Waals surface area contributed by atoms with Crippen molar-refractivity contribution in [1.29, 1.82) is 0 Å². The maximum absolute atomic E-state index is 5.39. The minimum atomic E-state index is 0.286. The number of H-pyrrole nitrogens is 1. The number of aromatic amines is 1. The maximum atomic E-state index is 5.39. The van der Waals surface area contributed by atoms with Gasteiger partial charge in [0.25, 0.3) is 0 Å². The molecule has 1 aromatic carbocycles. The van der Waals surface area contributed by atoms with Crippen molar-refractivity contribution >= 4 is 15.9 Å². The van der Waals surface area contributed by atoms with Gasteiger partial charge in [0.15, 0.2) is 11.5 Å². The summed E-state index contributed by atoms with van der Waals surface area (Å²) in [6, 6.07) is 5.84. The molecule has 0 amide bonds. The van der Waals surface area contributed by atoms with Crippen LogP contribution in [0.3, 0.4) is 0 Å². The standard InChI is InChI=1S/C13H14BrN3O2/c1-15-5-4-11-16-12(13(14)17-11)8-2-3-9-10(6-8)19-7-18-9/h2-3,6,15H,4-5,7H2,1H3,(H,16,17). The summed E-state index contributed by atoms with van der Waals surface area (Å²) in [4.78, 5) is 7.84. The normalized spacial score (nSPS) is 12.9. The Balaban J connectivity index is 1.91. The topological polar surface area (TPSA) is 59.2 Å². The summed E-state index contributed by atoms with van der Waals surface area (Å²) in [7, 11) is 1.93. The third-order valence-corrected chi connectivity index (χ3v) is 3.54. The number of fused-ring (bicyclic) bond motifs is 1. The number of hydrogen-bond acceptors (Lipinski definition) is 4. The number of aromatic nitrogens is 2. The number of nitrogens with zero attached hydrogens (tertiary/aromatic N) is 1. The van der Waals surface area contributed by atoms with Crippen molar-refractivity contribution < 1.29 is 9.47 Å². The summed E-state index contributed by atoms with van der Waals surface area (Å²) in [5, 5.41) is 3.11. The Labute approximate surface area is 119 Å². The number of likely N-dealkylation sites (N-methyl/N-ethyl adjacent to an activating group) is 1. The lowest BCUT2D eigenvalue weighted by atomic mass is 10.1. The minimum absolute atomic E-state index is 0.286. The first-order valence-corrected chi connectivity index (χ1v) is 6.86. The predicted molar refractivity (Wildman–Crippen MR) is 75.5 cm³/mol. The molecule has 0 saturated carbocycles. The van der Waals surface area contributed by atoms with Gasteiger partial charge in [0.05, 0.1) is 0 Å². The van der Waals surface area contributed by atoms with Crippen LogP contribution in [0.5, 0.6) is 11.5 Å². The first kappa shape index (κ1) is 12.5. The molecule has 2 N–H and O–H groups in total. The molecule has 0 fully saturated rings. The number of benzene rings is 1. The van der Waals surface area contributed by atoms with Crippen LogP contribution in [0, 0.1) is 0 Å². The summed E-state index contributed by atoms with van der Waals surface area (Å²) in [5.74, 6) is 2.50. The summed E-state index contributed by atoms with van der Waals surface area (Å²) < 4.78 is 11.6. The predicted octanol–water partition coefficient (Wildman–Crippen LogP) is 2.33. The number of rotatable bonds is 4. The van der Waals surface area contributed by atoms with Gasteiger partial charge in [-0.2, -0.15) is 0 Å². The van der Waals surface area contributed by atoms with E-state index in [-0.39, 0.29) is 6.79 Å². The molecule has 0 atom stereocenters. The molecule has 5 nitrogen and oxygen atoms in total. The van der Waals surface area contributed by atoms with Gasteiger partial charge in [-0.1, -0.05) is 0 Å². The van der Waals surface area contributed by atoms with Crippen LogP contribution >= 0.6 is 15.9 Å². The van der Waals surface area contributed by atoms with Crippen molar-refractivity contribution in [3.63, 3.8) is 0 Å². The van der Waals surface area contributed by atoms with Crippen LogP contribution < -0.4 is 14.8 Å². The summed E-state index contributed by atoms with van der Waals surface area (Å²) >= 11 is 3.52. The molecule has 0 aliphatic carbocycles. The van der Waals surface area contributed by atoms with Crippen molar-refractivity contribution in [3.8, 4) is 22.8 Å². The summed E-state index contributed by atoms with van der Waals surface area (Å²) in [6.45, 7) is 1.18. The van der Waals surface area contributed by atoms with Crippen LogP contribution in [-0.2, 0) is 6.42 Å². The fourth-order valence-corrected chi connectivity index (χ4v) is 2.54. The lowest BCUT2D eigenvalue weighted by molar-refractivity contribution is 0.174. The zero-order valence-corrected chi connectivity index (χ0v) is 12.1. The molecule has 0 unspecified atom stereocenters. The molecule has 1 aliphatic heterocycles. The van der Waals surface area contributed by atoms with Gasteiger partial charge in [0.2, 0.25) is 6.79 Å². The molecule has 100 valence electrons. The van der Waals surface area contributed by atoms with Gasteiger partial charge in [0, 0.05) is 18.5 Å². The van der Waals surface area contributed by atoms with Crippen molar-refractivity contribution in [2.45, 2.75) is 6.42 Å². The minimum Gasteiger partial charge on any atom is -0.454 e. The quantitative estimate of drug-likeness (QED) is 0.906. The van der Waals surface area contributed by atoms with Crippen LogP contribution in [0.1, 0.15) is 5.82 Å². The molecule has 0 spiro atoms. The van der Waals surface area contributed by atoms with E-state index in [1.54, 1.807) is 0 Å². The number of ether oxygens (including phenoxy) is 2. The maximum Gasteiger partial charge on any atom is 0.231 e. The highest BCUT2D eigenvalue weighted by Crippen LogP contribution is 2.37. The molecule has 0 radical (unpaired) electrons. The van der Waals surface area contributed by atoms with Crippen molar-refractivity contribution in [3.05, 3.63) is 28.6 Å². The van der Waals surface area contributed by atoms with E-state index in [1.807, 2.05) is 25.2 Å². The van der Waals surface area contributed by atoms with Gasteiger partial charge in [-0.05, 0) is 41.2 Å². The van der Waals surface area contributed by atoms with E-state index < -0.39 is 0 Å². The van der Waals surface area contributed by atoms with E-state index in [2.05, 4.69) is 31.2 Å². The van der Waals surface area contributed by atoms with E-state index in [0.29, 0.717) is 0 Å². The van der Waals surface area contributed by atoms with Crippen LogP contribution in [0.4, 0.5) is 0 Å². The second-order valence-corrected chi connectivity index (χ2v) is 5.06. The fraction of sp³-hybridized carbons (Fsp3) is 0.308. The Morgan fingerprint density at radius 1 is 1.37 bits per heavy atom. The number of nitrogens with one attached hydrogen (secondary N) is 2. The van der Waals surface area contributed by atoms with Gasteiger partial charge in [0.1, 0.15) is 16.1 Å². The first-order chi connectivity index (χ1) is 9.28. The first-order valence-electron chi connectivity index (χ1n) is 6.07. The van der Waals surface area contributed by atoms with Crippen molar-refractivity contribution in [2.75, 3.05) is 20.4 Å². The molecule has 6 heteroatoms. The average molecular weight is 324 g/mol. The third-order valence-electron chi connectivity index (χ3n) is 2.97. The van der Waals surface area contributed by atoms with Gasteiger partial charge >= 0.3 is 0 Å². The molecule has 1 aromatic heterocycles. The monoisotopic (exact) mass is 323 g/mol. The fourth-order valence-electron chi connectivity index (χ4n) is 1.99. The largest absolute Gasteiger partial charge is 0.454 e. The Kier molecular flexibility index (Phi) is 3.44. The lowest BCUT2D eigenvalue weighted by Crippen LogP contribution is -2.11. The van der Waals surface area contributed by atoms with Crippen LogP contribution in [-0.4, -0.2) is 30.4 Å². The summed E-state index contributed by atoms with van der Waals surface area (Å²) in [5.41, 5.74) is 1.90. The van der Waals surface area contributed by atoms with Gasteiger partial charge in [-0.15, -0.1) is 0 Å². The smallest absolute Gasteiger partial charge is 0.231 e. The van der Waals surface area contributed by atoms with E-state index in [1.165, 1.54) is 0 Å². The van der Waals surface area contributed by atoms with Crippen LogP contribution in [0.2, 0.25) is 0 Å². The SMILES string of the molecule is CNCCc1nc(-c2ccc3c(c2)OCO3)c(Br)[nH]1. The van der Waals surface area contributed by atoms with Gasteiger partial charge in [-0.3, -0.25) is 0 Å². The van der Waals surface area contributed by atoms with Gasteiger partial charge < -0.3 is 19.8 Å². The molecule has 19 heavy (non-hydrogen) atoms. The second-order valence-electron chi connectivity index (χ2n) is 4.27. The van der Waals surface area contributed by atoms with Crippen LogP contribution in [0.25, 0.3) is 11.3 Å².